The van der Waals surface area contributed by atoms with Gasteiger partial charge in [-0.3, -0.25) is 9.36 Å². The normalized spacial score (nSPS) is 25.2. The first-order valence-electron chi connectivity index (χ1n) is 9.36. The van der Waals surface area contributed by atoms with Crippen molar-refractivity contribution in [3.05, 3.63) is 47.8 Å². The van der Waals surface area contributed by atoms with Crippen molar-refractivity contribution in [3.8, 4) is 5.75 Å². The molecule has 0 aliphatic carbocycles. The molecule has 5 atom stereocenters. The fourth-order valence-electron chi connectivity index (χ4n) is 2.94. The second-order valence-electron chi connectivity index (χ2n) is 7.27. The summed E-state index contributed by atoms with van der Waals surface area (Å²) in [5, 5.41) is 34.1. The molecule has 1 aromatic heterocycles. The highest BCUT2D eigenvalue weighted by Crippen LogP contribution is 2.46. The number of nitrogens with zero attached hydrogens (tertiary/aromatic N) is 4. The van der Waals surface area contributed by atoms with Crippen LogP contribution in [0, 0.1) is 0 Å². The molecule has 32 heavy (non-hydrogen) atoms. The van der Waals surface area contributed by atoms with E-state index in [1.54, 1.807) is 31.1 Å². The molecule has 1 unspecified atom stereocenters. The number of benzene rings is 1. The van der Waals surface area contributed by atoms with Crippen LogP contribution in [0.4, 0.5) is 5.69 Å². The maximum Gasteiger partial charge on any atom is 0.351 e. The number of hydrogen-bond donors (Lipinski definition) is 5. The van der Waals surface area contributed by atoms with Gasteiger partial charge in [0, 0.05) is 31.2 Å². The van der Waals surface area contributed by atoms with E-state index in [2.05, 4.69) is 10.1 Å². The largest absolute Gasteiger partial charge is 0.508 e. The van der Waals surface area contributed by atoms with Crippen LogP contribution in [0.3, 0.4) is 0 Å². The molecule has 1 amide bonds. The number of anilines is 1. The summed E-state index contributed by atoms with van der Waals surface area (Å²) in [4.78, 5) is 26.7. The van der Waals surface area contributed by atoms with Crippen molar-refractivity contribution in [1.29, 1.82) is 0 Å². The summed E-state index contributed by atoms with van der Waals surface area (Å²) in [6.45, 7) is -0.347. The first-order chi connectivity index (χ1) is 15.0. The predicted molar refractivity (Wildman–Crippen MR) is 111 cm³/mol. The summed E-state index contributed by atoms with van der Waals surface area (Å²) in [6.07, 6.45) is -3.12. The van der Waals surface area contributed by atoms with Gasteiger partial charge in [0.1, 0.15) is 30.4 Å². The molecule has 0 bridgehead atoms. The number of aromatic hydroxyl groups is 1. The third kappa shape index (κ3) is 5.33. The number of primary amides is 1. The minimum Gasteiger partial charge on any atom is -0.508 e. The number of aromatic nitrogens is 3. The Morgan fingerprint density at radius 2 is 2.09 bits per heavy atom. The van der Waals surface area contributed by atoms with Crippen LogP contribution in [0.5, 0.6) is 5.75 Å². The van der Waals surface area contributed by atoms with Gasteiger partial charge in [0.05, 0.1) is 6.61 Å². The van der Waals surface area contributed by atoms with Crippen molar-refractivity contribution in [2.75, 3.05) is 19.0 Å². The minimum absolute atomic E-state index is 0.0942. The van der Waals surface area contributed by atoms with Gasteiger partial charge in [0.25, 0.3) is 5.91 Å². The van der Waals surface area contributed by atoms with E-state index in [4.69, 9.17) is 15.0 Å². The lowest BCUT2D eigenvalue weighted by Crippen LogP contribution is -2.31. The first kappa shape index (κ1) is 23.9. The van der Waals surface area contributed by atoms with Gasteiger partial charge >= 0.3 is 7.60 Å². The molecular weight excluding hydrogens is 445 g/mol. The maximum atomic E-state index is 12.4. The number of ether oxygens (including phenoxy) is 1. The fourth-order valence-corrected chi connectivity index (χ4v) is 3.74. The van der Waals surface area contributed by atoms with Gasteiger partial charge in [-0.25, -0.2) is 9.67 Å². The molecule has 0 saturated carbocycles. The predicted octanol–water partition coefficient (Wildman–Crippen LogP) is -0.316. The molecule has 1 aliphatic heterocycles. The fraction of sp³-hybridized carbons (Fsp3) is 0.389. The topological polar surface area (TPSA) is 193 Å². The minimum atomic E-state index is -4.29. The lowest BCUT2D eigenvalue weighted by Gasteiger charge is -2.16. The molecular formula is C18H24N5O8P. The number of rotatable bonds is 8. The lowest BCUT2D eigenvalue weighted by atomic mass is 10.1. The van der Waals surface area contributed by atoms with Crippen LogP contribution >= 0.6 is 7.60 Å². The molecule has 3 rings (SSSR count). The summed E-state index contributed by atoms with van der Waals surface area (Å²) in [6, 6.07) is 4.74. The number of aliphatic hydroxyl groups excluding tert-OH is 2. The van der Waals surface area contributed by atoms with E-state index in [0.29, 0.717) is 5.56 Å². The third-order valence-corrected chi connectivity index (χ3v) is 5.76. The Bertz CT molecular complexity index is 1060. The van der Waals surface area contributed by atoms with Crippen LogP contribution in [-0.4, -0.2) is 73.3 Å². The van der Waals surface area contributed by atoms with Gasteiger partial charge in [-0.2, -0.15) is 0 Å². The van der Waals surface area contributed by atoms with Crippen LogP contribution in [0.15, 0.2) is 36.4 Å². The summed E-state index contributed by atoms with van der Waals surface area (Å²) in [5.74, 6) is -0.458. The van der Waals surface area contributed by atoms with Crippen LogP contribution in [0.1, 0.15) is 22.4 Å². The highest BCUT2D eigenvalue weighted by Gasteiger charge is 2.43. The zero-order chi connectivity index (χ0) is 23.6. The van der Waals surface area contributed by atoms with Crippen LogP contribution < -0.4 is 10.6 Å². The van der Waals surface area contributed by atoms with Crippen LogP contribution in [0.25, 0.3) is 0 Å². The first-order valence-corrected chi connectivity index (χ1v) is 11.0. The molecule has 2 heterocycles. The molecule has 0 radical (unpaired) electrons. The van der Waals surface area contributed by atoms with E-state index >= 15 is 0 Å². The van der Waals surface area contributed by atoms with Crippen molar-refractivity contribution < 1.29 is 38.8 Å². The molecule has 1 fully saturated rings. The second-order valence-corrected chi connectivity index (χ2v) is 8.96. The van der Waals surface area contributed by atoms with Gasteiger partial charge in [-0.1, -0.05) is 0 Å². The molecule has 0 spiro atoms. The van der Waals surface area contributed by atoms with E-state index in [9.17, 15) is 29.6 Å². The molecule has 1 saturated heterocycles. The Morgan fingerprint density at radius 1 is 1.38 bits per heavy atom. The molecule has 174 valence electrons. The van der Waals surface area contributed by atoms with Crippen molar-refractivity contribution >= 4 is 19.2 Å². The van der Waals surface area contributed by atoms with E-state index in [0.717, 1.165) is 28.6 Å². The Balaban J connectivity index is 1.66. The number of amides is 1. The van der Waals surface area contributed by atoms with E-state index in [1.165, 1.54) is 6.07 Å². The van der Waals surface area contributed by atoms with Gasteiger partial charge in [0.15, 0.2) is 6.23 Å². The molecule has 14 heteroatoms. The molecule has 13 nitrogen and oxygen atoms in total. The number of carbonyl (C=O) groups is 1. The number of hydrogen-bond acceptors (Lipinski definition) is 10. The Labute approximate surface area is 182 Å². The zero-order valence-corrected chi connectivity index (χ0v) is 18.1. The van der Waals surface area contributed by atoms with E-state index < -0.39 is 38.0 Å². The molecule has 2 aromatic rings. The van der Waals surface area contributed by atoms with Crippen molar-refractivity contribution in [1.82, 2.24) is 14.8 Å². The lowest BCUT2D eigenvalue weighted by molar-refractivity contribution is -0.0346. The van der Waals surface area contributed by atoms with Crippen LogP contribution in [0.2, 0.25) is 0 Å². The summed E-state index contributed by atoms with van der Waals surface area (Å²) < 4.78 is 23.9. The van der Waals surface area contributed by atoms with Crippen molar-refractivity contribution in [2.24, 2.45) is 5.73 Å². The summed E-state index contributed by atoms with van der Waals surface area (Å²) in [7, 11) is -0.680. The Morgan fingerprint density at radius 3 is 2.72 bits per heavy atom. The maximum absolute atomic E-state index is 12.4. The Hall–Kier alpha value is -2.80. The average Bonchev–Trinajstić information content (AvgIpc) is 3.32. The molecule has 1 aromatic carbocycles. The third-order valence-electron chi connectivity index (χ3n) is 4.71. The highest BCUT2D eigenvalue weighted by atomic mass is 31.2. The number of nitrogens with two attached hydrogens (primary N) is 1. The Kier molecular flexibility index (Phi) is 6.98. The highest BCUT2D eigenvalue weighted by molar-refractivity contribution is 7.56. The van der Waals surface area contributed by atoms with Gasteiger partial charge in [-0.15, -0.1) is 5.10 Å². The zero-order valence-electron chi connectivity index (χ0n) is 17.2. The quantitative estimate of drug-likeness (QED) is 0.318. The van der Waals surface area contributed by atoms with E-state index in [-0.39, 0.29) is 18.2 Å². The smallest absolute Gasteiger partial charge is 0.351 e. The SMILES string of the molecule is CN(C)c1ccc(O)c(COP(=O)(O)/C=C/[C@H]2O[C@@H](n3cnc(C(N)=O)n3)[C@H](O)[C@@H]2O)c1. The number of phenolic OH excluding ortho intramolecular Hbond substituents is 1. The van der Waals surface area contributed by atoms with Gasteiger partial charge in [-0.05, 0) is 24.3 Å². The number of carbonyl (C=O) groups excluding carboxylic acids is 1. The molecule has 1 aliphatic rings. The summed E-state index contributed by atoms with van der Waals surface area (Å²) >= 11 is 0. The summed E-state index contributed by atoms with van der Waals surface area (Å²) in [5.41, 5.74) is 6.15. The van der Waals surface area contributed by atoms with Crippen LogP contribution in [-0.2, 0) is 20.4 Å². The standard InChI is InChI=1S/C18H24N5O8P/c1-22(2)11-3-4-12(24)10(7-11)8-30-32(28,29)6-5-13-14(25)15(26)18(31-13)23-9-20-17(21-23)16(19)27/h3-7,9,13-15,18,24-26H,8H2,1-2H3,(H2,19,27)(H,28,29)/b6-5+/t13-,14-,15-,18-/m1/s1. The van der Waals surface area contributed by atoms with Crippen molar-refractivity contribution in [2.45, 2.75) is 31.1 Å². The monoisotopic (exact) mass is 469 g/mol. The number of phenols is 1. The number of aliphatic hydroxyl groups is 2. The van der Waals surface area contributed by atoms with Gasteiger partial charge in [0.2, 0.25) is 5.82 Å². The molecule has 6 N–H and O–H groups in total. The van der Waals surface area contributed by atoms with E-state index in [1.807, 2.05) is 0 Å². The van der Waals surface area contributed by atoms with Gasteiger partial charge < -0.3 is 40.1 Å². The average molecular weight is 469 g/mol. The second kappa shape index (κ2) is 9.36. The van der Waals surface area contributed by atoms with Crippen molar-refractivity contribution in [3.63, 3.8) is 0 Å².